The van der Waals surface area contributed by atoms with Crippen LogP contribution in [0.25, 0.3) is 0 Å². The van der Waals surface area contributed by atoms with Crippen LogP contribution in [0.2, 0.25) is 0 Å². The van der Waals surface area contributed by atoms with Crippen LogP contribution in [-0.2, 0) is 14.4 Å². The number of benzene rings is 1. The van der Waals surface area contributed by atoms with Gasteiger partial charge in [-0.25, -0.2) is 5.06 Å². The number of carbonyl (C=O) groups excluding carboxylic acids is 4. The Kier molecular flexibility index (Phi) is 10.7. The molecule has 1 saturated heterocycles. The van der Waals surface area contributed by atoms with Crippen molar-refractivity contribution in [2.24, 2.45) is 17.3 Å². The zero-order valence-electron chi connectivity index (χ0n) is 23.7. The average molecular weight is 545 g/mol. The van der Waals surface area contributed by atoms with Crippen molar-refractivity contribution in [3.05, 3.63) is 29.8 Å². The Morgan fingerprint density at radius 2 is 1.72 bits per heavy atom. The largest absolute Gasteiger partial charge is 0.497 e. The maximum absolute atomic E-state index is 13.6. The number of methoxy groups -OCH3 is 1. The Morgan fingerprint density at radius 3 is 2.26 bits per heavy atom. The molecule has 216 valence electrons. The molecule has 1 aliphatic heterocycles. The van der Waals surface area contributed by atoms with E-state index in [0.717, 1.165) is 25.7 Å². The Balaban J connectivity index is 1.59. The highest BCUT2D eigenvalue weighted by molar-refractivity contribution is 5.94. The maximum atomic E-state index is 13.6. The van der Waals surface area contributed by atoms with Crippen molar-refractivity contribution in [3.63, 3.8) is 0 Å². The lowest BCUT2D eigenvalue weighted by atomic mass is 9.84. The third-order valence-electron chi connectivity index (χ3n) is 7.89. The number of hydrogen-bond acceptors (Lipinski definition) is 6. The number of hydroxylamine groups is 2. The molecule has 3 rings (SSSR count). The van der Waals surface area contributed by atoms with Crippen molar-refractivity contribution >= 4 is 24.1 Å². The van der Waals surface area contributed by atoms with Gasteiger partial charge in [-0.1, -0.05) is 46.5 Å². The summed E-state index contributed by atoms with van der Waals surface area (Å²) in [5, 5.41) is 16.3. The minimum absolute atomic E-state index is 0.0546. The van der Waals surface area contributed by atoms with E-state index in [-0.39, 0.29) is 30.3 Å². The maximum Gasteiger partial charge on any atom is 0.251 e. The fraction of sp³-hybridized carbons (Fsp3) is 0.655. The minimum atomic E-state index is -0.759. The molecule has 2 aliphatic rings. The first kappa shape index (κ1) is 30.4. The molecule has 0 unspecified atom stereocenters. The van der Waals surface area contributed by atoms with E-state index in [9.17, 15) is 24.4 Å². The minimum Gasteiger partial charge on any atom is -0.497 e. The van der Waals surface area contributed by atoms with Crippen molar-refractivity contribution in [2.75, 3.05) is 26.7 Å². The van der Waals surface area contributed by atoms with Gasteiger partial charge in [-0.2, -0.15) is 0 Å². The molecule has 10 heteroatoms. The smallest absolute Gasteiger partial charge is 0.251 e. The fourth-order valence-electron chi connectivity index (χ4n) is 5.53. The molecule has 0 bridgehead atoms. The molecule has 39 heavy (non-hydrogen) atoms. The van der Waals surface area contributed by atoms with Gasteiger partial charge in [-0.15, -0.1) is 0 Å². The second kappa shape index (κ2) is 13.8. The summed E-state index contributed by atoms with van der Waals surface area (Å²) in [6.45, 7) is 6.57. The fourth-order valence-corrected chi connectivity index (χ4v) is 5.53. The number of likely N-dealkylation sites (tertiary alicyclic amines) is 1. The number of hydrogen-bond donors (Lipinski definition) is 3. The third-order valence-corrected chi connectivity index (χ3v) is 7.89. The highest BCUT2D eigenvalue weighted by atomic mass is 16.5. The van der Waals surface area contributed by atoms with Gasteiger partial charge in [0.1, 0.15) is 11.8 Å². The van der Waals surface area contributed by atoms with Gasteiger partial charge in [-0.05, 0) is 54.9 Å². The van der Waals surface area contributed by atoms with Crippen LogP contribution in [0.4, 0.5) is 0 Å². The summed E-state index contributed by atoms with van der Waals surface area (Å²) in [5.74, 6) is -0.189. The summed E-state index contributed by atoms with van der Waals surface area (Å²) < 4.78 is 5.14. The summed E-state index contributed by atoms with van der Waals surface area (Å²) in [6, 6.07) is 6.10. The lowest BCUT2D eigenvalue weighted by molar-refractivity contribution is -0.156. The van der Waals surface area contributed by atoms with Gasteiger partial charge in [0.05, 0.1) is 19.6 Å². The van der Waals surface area contributed by atoms with E-state index in [1.165, 1.54) is 0 Å². The van der Waals surface area contributed by atoms with Gasteiger partial charge in [-0.3, -0.25) is 24.4 Å². The molecule has 1 aliphatic carbocycles. The summed E-state index contributed by atoms with van der Waals surface area (Å²) in [4.78, 5) is 52.5. The zero-order chi connectivity index (χ0) is 28.6. The van der Waals surface area contributed by atoms with Crippen LogP contribution in [0.1, 0.15) is 76.1 Å². The molecule has 0 radical (unpaired) electrons. The summed E-state index contributed by atoms with van der Waals surface area (Å²) in [5.41, 5.74) is 0.00110. The van der Waals surface area contributed by atoms with E-state index >= 15 is 0 Å². The van der Waals surface area contributed by atoms with Gasteiger partial charge in [0.25, 0.3) is 5.91 Å². The number of amides is 4. The van der Waals surface area contributed by atoms with Gasteiger partial charge in [0.2, 0.25) is 18.2 Å². The summed E-state index contributed by atoms with van der Waals surface area (Å²) >= 11 is 0. The van der Waals surface area contributed by atoms with E-state index < -0.39 is 17.4 Å². The normalized spacial score (nSPS) is 18.2. The average Bonchev–Trinajstić information content (AvgIpc) is 3.43. The van der Waals surface area contributed by atoms with Gasteiger partial charge >= 0.3 is 0 Å². The van der Waals surface area contributed by atoms with Crippen molar-refractivity contribution in [1.82, 2.24) is 20.6 Å². The van der Waals surface area contributed by atoms with E-state index in [4.69, 9.17) is 4.74 Å². The van der Waals surface area contributed by atoms with Crippen LogP contribution in [0, 0.1) is 17.3 Å². The molecule has 2 fully saturated rings. The molecule has 2 atom stereocenters. The molecular formula is C29H44N4O6. The van der Waals surface area contributed by atoms with Crippen molar-refractivity contribution < 1.29 is 29.1 Å². The lowest BCUT2D eigenvalue weighted by Gasteiger charge is -2.39. The van der Waals surface area contributed by atoms with Gasteiger partial charge in [0, 0.05) is 24.7 Å². The second-order valence-electron chi connectivity index (χ2n) is 11.9. The molecule has 1 saturated carbocycles. The Morgan fingerprint density at radius 1 is 1.10 bits per heavy atom. The molecule has 1 aromatic carbocycles. The quantitative estimate of drug-likeness (QED) is 0.223. The number of carbonyl (C=O) groups is 4. The van der Waals surface area contributed by atoms with Crippen LogP contribution in [-0.4, -0.2) is 78.1 Å². The molecule has 3 N–H and O–H groups in total. The third kappa shape index (κ3) is 8.68. The predicted molar refractivity (Wildman–Crippen MR) is 146 cm³/mol. The number of nitrogens with one attached hydrogen (secondary N) is 2. The topological polar surface area (TPSA) is 128 Å². The summed E-state index contributed by atoms with van der Waals surface area (Å²) in [7, 11) is 1.57. The zero-order valence-corrected chi connectivity index (χ0v) is 23.7. The van der Waals surface area contributed by atoms with E-state index in [2.05, 4.69) is 10.6 Å². The van der Waals surface area contributed by atoms with Crippen molar-refractivity contribution in [1.29, 1.82) is 0 Å². The standard InChI is InChI=1S/C29H44N4O6/c1-29(2,3)25(31-27(36)22(18-33(38)19-34)17-20-7-5-6-8-20)28(37)32-15-13-23(14-16-32)30-26(35)21-9-11-24(39-4)12-10-21/h9-12,19-20,22-23,25,38H,5-8,13-18H2,1-4H3,(H,30,35)(H,31,36)/t22-,25-/m1/s1. The second-order valence-corrected chi connectivity index (χ2v) is 11.9. The SMILES string of the molecule is COc1ccc(C(=O)NC2CCN(C(=O)[C@@H](NC(=O)[C@H](CC3CCCC3)CN(O)C=O)C(C)(C)C)CC2)cc1. The highest BCUT2D eigenvalue weighted by Crippen LogP contribution is 2.31. The molecule has 0 aromatic heterocycles. The number of ether oxygens (including phenoxy) is 1. The molecule has 0 spiro atoms. The Bertz CT molecular complexity index is 978. The van der Waals surface area contributed by atoms with E-state index in [1.54, 1.807) is 36.3 Å². The first-order valence-electron chi connectivity index (χ1n) is 14.0. The predicted octanol–water partition coefficient (Wildman–Crippen LogP) is 2.99. The van der Waals surface area contributed by atoms with E-state index in [1.807, 2.05) is 20.8 Å². The molecule has 10 nitrogen and oxygen atoms in total. The molecule has 1 aromatic rings. The first-order valence-corrected chi connectivity index (χ1v) is 14.0. The molecule has 4 amide bonds. The number of rotatable bonds is 11. The first-order chi connectivity index (χ1) is 18.5. The van der Waals surface area contributed by atoms with Crippen LogP contribution >= 0.6 is 0 Å². The van der Waals surface area contributed by atoms with Gasteiger partial charge < -0.3 is 20.3 Å². The van der Waals surface area contributed by atoms with Crippen LogP contribution in [0.5, 0.6) is 5.75 Å². The monoisotopic (exact) mass is 544 g/mol. The summed E-state index contributed by atoms with van der Waals surface area (Å²) in [6.07, 6.45) is 6.40. The number of piperidine rings is 1. The van der Waals surface area contributed by atoms with Crippen LogP contribution < -0.4 is 15.4 Å². The van der Waals surface area contributed by atoms with E-state index in [0.29, 0.717) is 61.1 Å². The Labute approximate surface area is 231 Å². The Hall–Kier alpha value is -3.14. The van der Waals surface area contributed by atoms with Crippen molar-refractivity contribution in [2.45, 2.75) is 77.8 Å². The highest BCUT2D eigenvalue weighted by Gasteiger charge is 2.39. The van der Waals surface area contributed by atoms with Crippen molar-refractivity contribution in [3.8, 4) is 5.75 Å². The van der Waals surface area contributed by atoms with Crippen LogP contribution in [0.3, 0.4) is 0 Å². The van der Waals surface area contributed by atoms with Gasteiger partial charge in [0.15, 0.2) is 0 Å². The molecular weight excluding hydrogens is 500 g/mol. The van der Waals surface area contributed by atoms with Crippen LogP contribution in [0.15, 0.2) is 24.3 Å². The number of nitrogens with zero attached hydrogens (tertiary/aromatic N) is 2. The lowest BCUT2D eigenvalue weighted by Crippen LogP contribution is -2.58. The molecule has 1 heterocycles.